The number of thioether (sulfide) groups is 1. The van der Waals surface area contributed by atoms with Crippen LogP contribution >= 0.6 is 11.8 Å². The summed E-state index contributed by atoms with van der Waals surface area (Å²) in [6, 6.07) is 2.63. The van der Waals surface area contributed by atoms with E-state index in [0.717, 1.165) is 6.07 Å². The zero-order valence-electron chi connectivity index (χ0n) is 11.0. The van der Waals surface area contributed by atoms with Crippen molar-refractivity contribution in [3.63, 3.8) is 0 Å². The third-order valence-electron chi connectivity index (χ3n) is 2.88. The van der Waals surface area contributed by atoms with Crippen molar-refractivity contribution in [2.24, 2.45) is 0 Å². The molecule has 1 aromatic carbocycles. The van der Waals surface area contributed by atoms with E-state index in [-0.39, 0.29) is 5.39 Å². The van der Waals surface area contributed by atoms with Gasteiger partial charge in [0.25, 0.3) is 0 Å². The number of alkyl halides is 3. The van der Waals surface area contributed by atoms with Gasteiger partial charge in [0.1, 0.15) is 5.82 Å². The van der Waals surface area contributed by atoms with Gasteiger partial charge in [-0.3, -0.25) is 0 Å². The third-order valence-corrected chi connectivity index (χ3v) is 3.65. The molecule has 1 N–H and O–H groups in total. The summed E-state index contributed by atoms with van der Waals surface area (Å²) in [5.41, 5.74) is -3.28. The summed E-state index contributed by atoms with van der Waals surface area (Å²) in [6.45, 7) is 0.697. The first-order chi connectivity index (χ1) is 9.28. The van der Waals surface area contributed by atoms with Gasteiger partial charge in [-0.1, -0.05) is 0 Å². The molecule has 110 valence electrons. The molecule has 0 aliphatic heterocycles. The van der Waals surface area contributed by atoms with Crippen molar-refractivity contribution in [3.05, 3.63) is 29.7 Å². The second-order valence-electron chi connectivity index (χ2n) is 4.72. The highest BCUT2D eigenvalue weighted by Gasteiger charge is 2.31. The summed E-state index contributed by atoms with van der Waals surface area (Å²) in [5, 5.41) is 0.251. The van der Waals surface area contributed by atoms with Gasteiger partial charge in [-0.2, -0.15) is 13.2 Å². The van der Waals surface area contributed by atoms with E-state index >= 15 is 0 Å². The molecule has 2 aromatic rings. The van der Waals surface area contributed by atoms with Crippen LogP contribution in [0.5, 0.6) is 0 Å². The molecule has 2 nitrogen and oxygen atoms in total. The van der Waals surface area contributed by atoms with E-state index in [2.05, 4.69) is 4.98 Å². The molecule has 0 bridgehead atoms. The molecule has 20 heavy (non-hydrogen) atoms. The SMILES string of the molecule is CN(C)CCc1c[nH]c2ccc(SC(F)(F)F)c(F)c12. The van der Waals surface area contributed by atoms with Crippen LogP contribution in [0.1, 0.15) is 5.56 Å². The molecule has 0 atom stereocenters. The number of aromatic nitrogens is 1. The number of likely N-dealkylation sites (N-methyl/N-ethyl adjacent to an activating group) is 1. The summed E-state index contributed by atoms with van der Waals surface area (Å²) in [5.74, 6) is -0.806. The number of H-pyrrole nitrogens is 1. The predicted molar refractivity (Wildman–Crippen MR) is 72.4 cm³/mol. The molecule has 1 aromatic heterocycles. The molecule has 0 aliphatic carbocycles. The van der Waals surface area contributed by atoms with Crippen molar-refractivity contribution in [1.82, 2.24) is 9.88 Å². The lowest BCUT2D eigenvalue weighted by Crippen LogP contribution is -2.15. The van der Waals surface area contributed by atoms with Crippen LogP contribution in [0.3, 0.4) is 0 Å². The number of rotatable bonds is 4. The molecule has 0 saturated heterocycles. The molecule has 0 unspecified atom stereocenters. The highest BCUT2D eigenvalue weighted by molar-refractivity contribution is 8.00. The average Bonchev–Trinajstić information content (AvgIpc) is 2.72. The number of benzene rings is 1. The van der Waals surface area contributed by atoms with Gasteiger partial charge >= 0.3 is 5.51 Å². The molecule has 0 fully saturated rings. The first-order valence-corrected chi connectivity index (χ1v) is 6.78. The van der Waals surface area contributed by atoms with Gasteiger partial charge in [0.2, 0.25) is 0 Å². The van der Waals surface area contributed by atoms with E-state index < -0.39 is 28.0 Å². The van der Waals surface area contributed by atoms with Crippen molar-refractivity contribution < 1.29 is 17.6 Å². The number of fused-ring (bicyclic) bond motifs is 1. The molecule has 0 spiro atoms. The fourth-order valence-electron chi connectivity index (χ4n) is 1.97. The minimum absolute atomic E-state index is 0.251. The number of hydrogen-bond donors (Lipinski definition) is 1. The van der Waals surface area contributed by atoms with Crippen molar-refractivity contribution in [2.45, 2.75) is 16.8 Å². The number of halogens is 4. The van der Waals surface area contributed by atoms with Crippen molar-refractivity contribution >= 4 is 22.7 Å². The van der Waals surface area contributed by atoms with E-state index in [4.69, 9.17) is 0 Å². The Bertz CT molecular complexity index is 604. The maximum atomic E-state index is 14.3. The van der Waals surface area contributed by atoms with Gasteiger partial charge in [0.05, 0.1) is 4.90 Å². The van der Waals surface area contributed by atoms with Crippen LogP contribution in [0.15, 0.2) is 23.2 Å². The normalized spacial score (nSPS) is 12.6. The zero-order valence-corrected chi connectivity index (χ0v) is 11.8. The molecule has 2 rings (SSSR count). The van der Waals surface area contributed by atoms with E-state index in [1.54, 1.807) is 6.20 Å². The summed E-state index contributed by atoms with van der Waals surface area (Å²) in [7, 11) is 3.77. The first-order valence-electron chi connectivity index (χ1n) is 5.97. The Kier molecular flexibility index (Phi) is 4.29. The molecule has 7 heteroatoms. The molecular weight excluding hydrogens is 292 g/mol. The number of aromatic amines is 1. The van der Waals surface area contributed by atoms with Crippen LogP contribution < -0.4 is 0 Å². The van der Waals surface area contributed by atoms with Gasteiger partial charge in [-0.05, 0) is 50.0 Å². The van der Waals surface area contributed by atoms with Crippen LogP contribution in [-0.2, 0) is 6.42 Å². The Morgan fingerprint density at radius 1 is 1.25 bits per heavy atom. The Hall–Kier alpha value is -1.21. The molecule has 0 saturated carbocycles. The molecule has 1 heterocycles. The van der Waals surface area contributed by atoms with Gasteiger partial charge < -0.3 is 9.88 Å². The van der Waals surface area contributed by atoms with E-state index in [9.17, 15) is 17.6 Å². The highest BCUT2D eigenvalue weighted by Crippen LogP contribution is 2.40. The van der Waals surface area contributed by atoms with Crippen molar-refractivity contribution in [2.75, 3.05) is 20.6 Å². The molecular formula is C13H14F4N2S. The summed E-state index contributed by atoms with van der Waals surface area (Å²) >= 11 is -0.421. The number of hydrogen-bond acceptors (Lipinski definition) is 2. The highest BCUT2D eigenvalue weighted by atomic mass is 32.2. The monoisotopic (exact) mass is 306 g/mol. The number of nitrogens with one attached hydrogen (secondary N) is 1. The quantitative estimate of drug-likeness (QED) is 0.679. The van der Waals surface area contributed by atoms with Crippen LogP contribution in [0.4, 0.5) is 17.6 Å². The van der Waals surface area contributed by atoms with Gasteiger partial charge in [0.15, 0.2) is 0 Å². The fourth-order valence-corrected chi connectivity index (χ4v) is 2.55. The fraction of sp³-hybridized carbons (Fsp3) is 0.385. The summed E-state index contributed by atoms with van der Waals surface area (Å²) in [6.07, 6.45) is 2.23. The maximum absolute atomic E-state index is 14.3. The second-order valence-corrected chi connectivity index (χ2v) is 5.82. The van der Waals surface area contributed by atoms with Crippen LogP contribution in [0.25, 0.3) is 10.9 Å². The zero-order chi connectivity index (χ0) is 14.9. The second kappa shape index (κ2) is 5.65. The topological polar surface area (TPSA) is 19.0 Å². The van der Waals surface area contributed by atoms with Gasteiger partial charge in [-0.15, -0.1) is 0 Å². The molecule has 0 radical (unpaired) electrons. The minimum atomic E-state index is -4.49. The van der Waals surface area contributed by atoms with Crippen LogP contribution in [0.2, 0.25) is 0 Å². The molecule has 0 aliphatic rings. The standard InChI is InChI=1S/C13H14F4N2S/c1-19(2)6-5-8-7-18-9-3-4-10(12(14)11(8)9)20-13(15,16)17/h3-4,7,18H,5-6H2,1-2H3. The van der Waals surface area contributed by atoms with E-state index in [0.29, 0.717) is 24.0 Å². The summed E-state index contributed by atoms with van der Waals surface area (Å²) in [4.78, 5) is 4.44. The predicted octanol–water partition coefficient (Wildman–Crippen LogP) is 4.02. The first kappa shape index (κ1) is 15.2. The third kappa shape index (κ3) is 3.46. The Morgan fingerprint density at radius 2 is 1.95 bits per heavy atom. The van der Waals surface area contributed by atoms with Gasteiger partial charge in [-0.25, -0.2) is 4.39 Å². The lowest BCUT2D eigenvalue weighted by Gasteiger charge is -2.10. The van der Waals surface area contributed by atoms with Crippen LogP contribution in [-0.4, -0.2) is 36.0 Å². The maximum Gasteiger partial charge on any atom is 0.446 e. The Balaban J connectivity index is 2.39. The minimum Gasteiger partial charge on any atom is -0.361 e. The van der Waals surface area contributed by atoms with Crippen molar-refractivity contribution in [1.29, 1.82) is 0 Å². The largest absolute Gasteiger partial charge is 0.446 e. The molecule has 0 amide bonds. The Labute approximate surface area is 118 Å². The summed E-state index contributed by atoms with van der Waals surface area (Å²) < 4.78 is 51.4. The smallest absolute Gasteiger partial charge is 0.361 e. The Morgan fingerprint density at radius 3 is 2.55 bits per heavy atom. The lowest BCUT2D eigenvalue weighted by atomic mass is 10.1. The van der Waals surface area contributed by atoms with E-state index in [1.807, 2.05) is 19.0 Å². The van der Waals surface area contributed by atoms with E-state index in [1.165, 1.54) is 6.07 Å². The van der Waals surface area contributed by atoms with Gasteiger partial charge in [0, 0.05) is 23.6 Å². The number of nitrogens with zero attached hydrogens (tertiary/aromatic N) is 1. The van der Waals surface area contributed by atoms with Crippen LogP contribution in [0, 0.1) is 5.82 Å². The average molecular weight is 306 g/mol. The lowest BCUT2D eigenvalue weighted by molar-refractivity contribution is -0.0329. The van der Waals surface area contributed by atoms with Crippen molar-refractivity contribution in [3.8, 4) is 0 Å².